The van der Waals surface area contributed by atoms with Gasteiger partial charge in [-0.25, -0.2) is 9.69 Å². The van der Waals surface area contributed by atoms with Gasteiger partial charge in [-0.15, -0.1) is 0 Å². The Labute approximate surface area is 201 Å². The summed E-state index contributed by atoms with van der Waals surface area (Å²) >= 11 is 6.00. The largest absolute Gasteiger partial charge is 0.464 e. The number of amides is 2. The highest BCUT2D eigenvalue weighted by Gasteiger charge is 2.65. The fourth-order valence-corrected chi connectivity index (χ4v) is 5.80. The fraction of sp³-hybridized carbons (Fsp3) is 0.222. The molecular weight excluding hydrogens is 452 g/mol. The van der Waals surface area contributed by atoms with Crippen LogP contribution in [0.4, 0.5) is 11.4 Å². The molecule has 0 bridgehead atoms. The van der Waals surface area contributed by atoms with Gasteiger partial charge in [0.05, 0.1) is 30.2 Å². The zero-order valence-electron chi connectivity index (χ0n) is 18.4. The number of ether oxygens (including phenoxy) is 1. The third-order valence-electron chi connectivity index (χ3n) is 7.03. The molecule has 2 fully saturated rings. The summed E-state index contributed by atoms with van der Waals surface area (Å²) in [6.45, 7) is 1.93. The number of hydrogen-bond acceptors (Lipinski definition) is 5. The van der Waals surface area contributed by atoms with Gasteiger partial charge in [-0.2, -0.15) is 0 Å². The second kappa shape index (κ2) is 7.71. The van der Waals surface area contributed by atoms with Crippen LogP contribution >= 0.6 is 11.6 Å². The zero-order valence-corrected chi connectivity index (χ0v) is 19.1. The minimum absolute atomic E-state index is 0.189. The molecule has 2 saturated heterocycles. The first-order valence-corrected chi connectivity index (χ1v) is 11.7. The van der Waals surface area contributed by atoms with Crippen molar-refractivity contribution < 1.29 is 19.1 Å². The number of hydrogen-bond donors (Lipinski definition) is 0. The van der Waals surface area contributed by atoms with Crippen LogP contribution in [0.2, 0.25) is 5.02 Å². The van der Waals surface area contributed by atoms with Crippen LogP contribution in [-0.2, 0) is 19.1 Å². The lowest BCUT2D eigenvalue weighted by atomic mass is 9.88. The number of esters is 1. The average molecular weight is 473 g/mol. The maximum atomic E-state index is 13.7. The summed E-state index contributed by atoms with van der Waals surface area (Å²) in [4.78, 5) is 43.7. The molecule has 170 valence electrons. The van der Waals surface area contributed by atoms with Gasteiger partial charge in [0.15, 0.2) is 0 Å². The molecule has 0 spiro atoms. The second-order valence-corrected chi connectivity index (χ2v) is 9.15. The first-order valence-electron chi connectivity index (χ1n) is 11.3. The Kier molecular flexibility index (Phi) is 4.74. The summed E-state index contributed by atoms with van der Waals surface area (Å²) in [5, 5.41) is 2.64. The number of fused-ring (bicyclic) bond motifs is 7. The summed E-state index contributed by atoms with van der Waals surface area (Å²) < 4.78 is 5.42. The predicted octanol–water partition coefficient (Wildman–Crippen LogP) is 4.45. The van der Waals surface area contributed by atoms with Gasteiger partial charge < -0.3 is 9.64 Å². The summed E-state index contributed by atoms with van der Waals surface area (Å²) in [5.41, 5.74) is 2.25. The molecule has 6 rings (SSSR count). The Balaban J connectivity index is 1.49. The van der Waals surface area contributed by atoms with Crippen molar-refractivity contribution in [2.75, 3.05) is 16.4 Å². The number of carbonyl (C=O) groups is 3. The third-order valence-corrected chi connectivity index (χ3v) is 7.28. The highest BCUT2D eigenvalue weighted by atomic mass is 35.5. The summed E-state index contributed by atoms with van der Waals surface area (Å²) in [6, 6.07) is 17.2. The van der Waals surface area contributed by atoms with Crippen LogP contribution < -0.4 is 9.80 Å². The van der Waals surface area contributed by atoms with E-state index in [1.165, 1.54) is 4.90 Å². The molecule has 3 aromatic rings. The molecule has 0 unspecified atom stereocenters. The van der Waals surface area contributed by atoms with Crippen LogP contribution in [0.5, 0.6) is 0 Å². The van der Waals surface area contributed by atoms with E-state index in [-0.39, 0.29) is 18.4 Å². The molecule has 0 aliphatic carbocycles. The third kappa shape index (κ3) is 2.85. The van der Waals surface area contributed by atoms with E-state index in [0.29, 0.717) is 10.7 Å². The molecule has 0 radical (unpaired) electrons. The van der Waals surface area contributed by atoms with Crippen LogP contribution in [0.1, 0.15) is 12.5 Å². The normalized spacial score (nSPS) is 24.9. The van der Waals surface area contributed by atoms with E-state index in [1.807, 2.05) is 53.5 Å². The molecule has 3 aromatic carbocycles. The lowest BCUT2D eigenvalue weighted by Crippen LogP contribution is -2.49. The maximum absolute atomic E-state index is 13.7. The molecule has 0 N–H and O–H groups in total. The van der Waals surface area contributed by atoms with Gasteiger partial charge >= 0.3 is 5.97 Å². The molecule has 3 aliphatic rings. The van der Waals surface area contributed by atoms with Crippen LogP contribution in [-0.4, -0.2) is 36.5 Å². The Morgan fingerprint density at radius 3 is 2.47 bits per heavy atom. The van der Waals surface area contributed by atoms with Crippen molar-refractivity contribution in [3.05, 3.63) is 77.3 Å². The van der Waals surface area contributed by atoms with Gasteiger partial charge in [0.2, 0.25) is 11.8 Å². The topological polar surface area (TPSA) is 66.9 Å². The van der Waals surface area contributed by atoms with E-state index in [0.717, 1.165) is 22.0 Å². The van der Waals surface area contributed by atoms with E-state index in [4.69, 9.17) is 16.3 Å². The number of carbonyl (C=O) groups excluding carboxylic acids is 3. The van der Waals surface area contributed by atoms with Crippen molar-refractivity contribution in [1.29, 1.82) is 0 Å². The monoisotopic (exact) mass is 472 g/mol. The molecule has 3 heterocycles. The standard InChI is InChI=1S/C27H21ClN2O4/c1-2-34-27(33)24-23-22(25(31)29(26(23)32)17-10-8-16(28)9-11-17)21-14-12-19-18-6-4-3-5-15(18)7-13-20(19)30(21)24/h3-14,21-24H,2H2,1H3/t21-,22-,23-,24+/m1/s1. The van der Waals surface area contributed by atoms with Crippen LogP contribution in [0.25, 0.3) is 16.8 Å². The Bertz CT molecular complexity index is 1380. The minimum atomic E-state index is -0.895. The summed E-state index contributed by atoms with van der Waals surface area (Å²) in [6.07, 6.45) is 3.95. The van der Waals surface area contributed by atoms with Crippen molar-refractivity contribution in [3.63, 3.8) is 0 Å². The zero-order chi connectivity index (χ0) is 23.6. The molecule has 6 nitrogen and oxygen atoms in total. The van der Waals surface area contributed by atoms with Crippen molar-refractivity contribution in [2.45, 2.75) is 19.0 Å². The molecule has 3 aliphatic heterocycles. The summed E-state index contributed by atoms with van der Waals surface area (Å²) in [5.74, 6) is -2.72. The van der Waals surface area contributed by atoms with E-state index in [2.05, 4.69) is 0 Å². The van der Waals surface area contributed by atoms with Crippen LogP contribution in [0.15, 0.2) is 66.7 Å². The minimum Gasteiger partial charge on any atom is -0.464 e. The number of anilines is 2. The first kappa shape index (κ1) is 20.9. The highest BCUT2D eigenvalue weighted by molar-refractivity contribution is 6.31. The molecule has 0 aromatic heterocycles. The van der Waals surface area contributed by atoms with Crippen molar-refractivity contribution in [2.24, 2.45) is 11.8 Å². The van der Waals surface area contributed by atoms with Crippen LogP contribution in [0.3, 0.4) is 0 Å². The molecule has 4 atom stereocenters. The van der Waals surface area contributed by atoms with Gasteiger partial charge in [-0.05, 0) is 48.0 Å². The number of nitrogens with zero attached hydrogens (tertiary/aromatic N) is 2. The van der Waals surface area contributed by atoms with Crippen molar-refractivity contribution in [3.8, 4) is 0 Å². The predicted molar refractivity (Wildman–Crippen MR) is 131 cm³/mol. The molecule has 2 amide bonds. The highest BCUT2D eigenvalue weighted by Crippen LogP contribution is 2.50. The Morgan fingerprint density at radius 1 is 0.971 bits per heavy atom. The molecule has 34 heavy (non-hydrogen) atoms. The van der Waals surface area contributed by atoms with Gasteiger partial charge in [-0.3, -0.25) is 9.59 Å². The van der Waals surface area contributed by atoms with Crippen molar-refractivity contribution in [1.82, 2.24) is 0 Å². The van der Waals surface area contributed by atoms with E-state index in [9.17, 15) is 14.4 Å². The van der Waals surface area contributed by atoms with Gasteiger partial charge in [0.25, 0.3) is 0 Å². The smallest absolute Gasteiger partial charge is 0.329 e. The van der Waals surface area contributed by atoms with E-state index in [1.54, 1.807) is 31.2 Å². The lowest BCUT2D eigenvalue weighted by molar-refractivity contribution is -0.147. The van der Waals surface area contributed by atoms with Gasteiger partial charge in [0, 0.05) is 16.3 Å². The molecular formula is C27H21ClN2O4. The van der Waals surface area contributed by atoms with E-state index < -0.39 is 29.9 Å². The average Bonchev–Trinajstić information content (AvgIpc) is 3.32. The number of benzene rings is 3. The van der Waals surface area contributed by atoms with Gasteiger partial charge in [-0.1, -0.05) is 54.1 Å². The summed E-state index contributed by atoms with van der Waals surface area (Å²) in [7, 11) is 0. The Morgan fingerprint density at radius 2 is 1.71 bits per heavy atom. The fourth-order valence-electron chi connectivity index (χ4n) is 5.67. The lowest BCUT2D eigenvalue weighted by Gasteiger charge is -2.36. The molecule has 0 saturated carbocycles. The number of rotatable bonds is 3. The SMILES string of the molecule is CCOC(=O)[C@@H]1[C@@H]2C(=O)N(c3ccc(Cl)cc3)C(=O)[C@@H]2[C@H]2C=Cc3c(ccc4ccccc34)N21. The quantitative estimate of drug-likeness (QED) is 0.416. The second-order valence-electron chi connectivity index (χ2n) is 8.71. The van der Waals surface area contributed by atoms with E-state index >= 15 is 0 Å². The molecule has 7 heteroatoms. The Hall–Kier alpha value is -3.64. The maximum Gasteiger partial charge on any atom is 0.329 e. The van der Waals surface area contributed by atoms with Gasteiger partial charge in [0.1, 0.15) is 6.04 Å². The van der Waals surface area contributed by atoms with Crippen LogP contribution in [0, 0.1) is 11.8 Å². The number of imide groups is 1. The first-order chi connectivity index (χ1) is 16.5. The van der Waals surface area contributed by atoms with Crippen molar-refractivity contribution >= 4 is 57.6 Å². The number of halogens is 1.